The Labute approximate surface area is 146 Å². The number of carbonyl (C=O) groups is 1. The maximum Gasteiger partial charge on any atom is 0.259 e. The SMILES string of the molecule is Cn1cc(C(=O)Nc2cc(F)c(F)cc2-c2cccc(F)c2)c(CF)n1. The third-order valence-electron chi connectivity index (χ3n) is 3.72. The Balaban J connectivity index is 2.04. The Bertz CT molecular complexity index is 985. The van der Waals surface area contributed by atoms with Crippen LogP contribution in [0.2, 0.25) is 0 Å². The first-order chi connectivity index (χ1) is 12.4. The lowest BCUT2D eigenvalue weighted by Crippen LogP contribution is -2.14. The molecule has 1 amide bonds. The van der Waals surface area contributed by atoms with E-state index in [1.165, 1.54) is 36.1 Å². The summed E-state index contributed by atoms with van der Waals surface area (Å²) in [7, 11) is 1.52. The summed E-state index contributed by atoms with van der Waals surface area (Å²) in [5.74, 6) is -3.64. The number of aromatic nitrogens is 2. The minimum absolute atomic E-state index is 0.0371. The van der Waals surface area contributed by atoms with Crippen molar-refractivity contribution in [1.82, 2.24) is 9.78 Å². The van der Waals surface area contributed by atoms with Gasteiger partial charge in [0.05, 0.1) is 11.3 Å². The van der Waals surface area contributed by atoms with Gasteiger partial charge in [0.15, 0.2) is 11.6 Å². The van der Waals surface area contributed by atoms with E-state index in [2.05, 4.69) is 10.4 Å². The Hall–Kier alpha value is -3.16. The van der Waals surface area contributed by atoms with Crippen molar-refractivity contribution in [1.29, 1.82) is 0 Å². The molecule has 1 aromatic heterocycles. The number of nitrogens with zero attached hydrogens (tertiary/aromatic N) is 2. The van der Waals surface area contributed by atoms with Crippen LogP contribution in [0.5, 0.6) is 0 Å². The minimum Gasteiger partial charge on any atom is -0.321 e. The van der Waals surface area contributed by atoms with E-state index in [-0.39, 0.29) is 28.1 Å². The molecule has 0 bridgehead atoms. The molecule has 26 heavy (non-hydrogen) atoms. The zero-order valence-electron chi connectivity index (χ0n) is 13.6. The van der Waals surface area contributed by atoms with E-state index in [1.54, 1.807) is 0 Å². The molecule has 0 aliphatic heterocycles. The van der Waals surface area contributed by atoms with Crippen molar-refractivity contribution in [3.05, 3.63) is 71.3 Å². The summed E-state index contributed by atoms with van der Waals surface area (Å²) in [6, 6.07) is 6.87. The van der Waals surface area contributed by atoms with Crippen molar-refractivity contribution in [2.24, 2.45) is 7.05 Å². The van der Waals surface area contributed by atoms with Gasteiger partial charge in [-0.15, -0.1) is 0 Å². The van der Waals surface area contributed by atoms with Gasteiger partial charge in [-0.1, -0.05) is 12.1 Å². The van der Waals surface area contributed by atoms with E-state index in [0.29, 0.717) is 0 Å². The zero-order chi connectivity index (χ0) is 18.8. The van der Waals surface area contributed by atoms with E-state index in [1.807, 2.05) is 0 Å². The van der Waals surface area contributed by atoms with Crippen LogP contribution in [0, 0.1) is 17.5 Å². The Morgan fingerprint density at radius 1 is 1.15 bits per heavy atom. The number of rotatable bonds is 4. The Morgan fingerprint density at radius 2 is 1.88 bits per heavy atom. The lowest BCUT2D eigenvalue weighted by molar-refractivity contribution is 0.102. The van der Waals surface area contributed by atoms with E-state index in [0.717, 1.165) is 18.2 Å². The number of alkyl halides is 1. The molecular formula is C18H13F4N3O. The molecule has 0 radical (unpaired) electrons. The summed E-state index contributed by atoms with van der Waals surface area (Å²) in [6.07, 6.45) is 1.31. The molecule has 0 fully saturated rings. The predicted octanol–water partition coefficient (Wildman–Crippen LogP) is 4.23. The van der Waals surface area contributed by atoms with Crippen molar-refractivity contribution >= 4 is 11.6 Å². The first-order valence-electron chi connectivity index (χ1n) is 7.54. The van der Waals surface area contributed by atoms with Crippen LogP contribution >= 0.6 is 0 Å². The highest BCUT2D eigenvalue weighted by Gasteiger charge is 2.19. The quantitative estimate of drug-likeness (QED) is 0.706. The molecule has 8 heteroatoms. The van der Waals surface area contributed by atoms with Crippen molar-refractivity contribution in [2.75, 3.05) is 5.32 Å². The predicted molar refractivity (Wildman–Crippen MR) is 87.7 cm³/mol. The van der Waals surface area contributed by atoms with Gasteiger partial charge >= 0.3 is 0 Å². The van der Waals surface area contributed by atoms with Crippen LogP contribution in [0.4, 0.5) is 23.2 Å². The van der Waals surface area contributed by atoms with Gasteiger partial charge in [0.25, 0.3) is 5.91 Å². The maximum atomic E-state index is 13.7. The Kier molecular flexibility index (Phi) is 4.75. The average molecular weight is 363 g/mol. The lowest BCUT2D eigenvalue weighted by atomic mass is 10.0. The number of carbonyl (C=O) groups excluding carboxylic acids is 1. The van der Waals surface area contributed by atoms with Gasteiger partial charge in [-0.3, -0.25) is 9.48 Å². The third kappa shape index (κ3) is 3.44. The molecule has 0 aliphatic carbocycles. The fourth-order valence-corrected chi connectivity index (χ4v) is 2.56. The molecule has 4 nitrogen and oxygen atoms in total. The first kappa shape index (κ1) is 17.7. The molecule has 0 atom stereocenters. The molecule has 1 heterocycles. The molecule has 134 valence electrons. The second kappa shape index (κ2) is 6.99. The highest BCUT2D eigenvalue weighted by Crippen LogP contribution is 2.31. The zero-order valence-corrected chi connectivity index (χ0v) is 13.6. The molecule has 0 saturated carbocycles. The van der Waals surface area contributed by atoms with Crippen LogP contribution in [0.15, 0.2) is 42.6 Å². The van der Waals surface area contributed by atoms with Gasteiger partial charge in [0, 0.05) is 24.9 Å². The molecule has 3 rings (SSSR count). The average Bonchev–Trinajstić information content (AvgIpc) is 2.99. The largest absolute Gasteiger partial charge is 0.321 e. The fraction of sp³-hybridized carbons (Fsp3) is 0.111. The maximum absolute atomic E-state index is 13.7. The molecule has 0 unspecified atom stereocenters. The molecule has 0 spiro atoms. The van der Waals surface area contributed by atoms with E-state index >= 15 is 0 Å². The van der Waals surface area contributed by atoms with E-state index in [9.17, 15) is 22.4 Å². The minimum atomic E-state index is -1.18. The number of hydrogen-bond acceptors (Lipinski definition) is 2. The summed E-state index contributed by atoms with van der Waals surface area (Å²) in [4.78, 5) is 12.4. The summed E-state index contributed by atoms with van der Waals surface area (Å²) >= 11 is 0. The van der Waals surface area contributed by atoms with Gasteiger partial charge in [0.2, 0.25) is 0 Å². The smallest absolute Gasteiger partial charge is 0.259 e. The molecule has 1 N–H and O–H groups in total. The molecular weight excluding hydrogens is 350 g/mol. The highest BCUT2D eigenvalue weighted by atomic mass is 19.2. The second-order valence-corrected chi connectivity index (χ2v) is 5.57. The topological polar surface area (TPSA) is 46.9 Å². The number of halogens is 4. The monoisotopic (exact) mass is 363 g/mol. The van der Waals surface area contributed by atoms with Gasteiger partial charge in [-0.2, -0.15) is 5.10 Å². The van der Waals surface area contributed by atoms with Crippen LogP contribution in [0.1, 0.15) is 16.1 Å². The van der Waals surface area contributed by atoms with Gasteiger partial charge in [0.1, 0.15) is 18.2 Å². The van der Waals surface area contributed by atoms with Crippen LogP contribution in [0.25, 0.3) is 11.1 Å². The summed E-state index contributed by atoms with van der Waals surface area (Å²) in [6.45, 7) is -0.960. The lowest BCUT2D eigenvalue weighted by Gasteiger charge is -2.12. The summed E-state index contributed by atoms with van der Waals surface area (Å²) < 4.78 is 55.1. The molecule has 0 aliphatic rings. The second-order valence-electron chi connectivity index (χ2n) is 5.57. The van der Waals surface area contributed by atoms with Crippen molar-refractivity contribution < 1.29 is 22.4 Å². The van der Waals surface area contributed by atoms with E-state index in [4.69, 9.17) is 0 Å². The van der Waals surface area contributed by atoms with Crippen molar-refractivity contribution in [2.45, 2.75) is 6.67 Å². The van der Waals surface area contributed by atoms with Crippen LogP contribution in [-0.2, 0) is 13.7 Å². The number of amides is 1. The highest BCUT2D eigenvalue weighted by molar-refractivity contribution is 6.06. The molecule has 0 saturated heterocycles. The van der Waals surface area contributed by atoms with Crippen LogP contribution in [-0.4, -0.2) is 15.7 Å². The van der Waals surface area contributed by atoms with Crippen LogP contribution in [0.3, 0.4) is 0 Å². The van der Waals surface area contributed by atoms with Gasteiger partial charge < -0.3 is 5.32 Å². The first-order valence-corrected chi connectivity index (χ1v) is 7.54. The standard InChI is InChI=1S/C18H13F4N3O/c1-25-9-13(17(8-19)24-25)18(26)23-16-7-15(22)14(21)6-12(16)10-3-2-4-11(20)5-10/h2-7,9H,8H2,1H3,(H,23,26). The number of aryl methyl sites for hydroxylation is 1. The number of nitrogens with one attached hydrogen (secondary N) is 1. The summed E-state index contributed by atoms with van der Waals surface area (Å²) in [5, 5.41) is 6.23. The van der Waals surface area contributed by atoms with Crippen molar-refractivity contribution in [3.8, 4) is 11.1 Å². The Morgan fingerprint density at radius 3 is 2.58 bits per heavy atom. The number of benzene rings is 2. The normalized spacial score (nSPS) is 10.8. The van der Waals surface area contributed by atoms with Crippen molar-refractivity contribution in [3.63, 3.8) is 0 Å². The van der Waals surface area contributed by atoms with Gasteiger partial charge in [-0.25, -0.2) is 17.6 Å². The third-order valence-corrected chi connectivity index (χ3v) is 3.72. The molecule has 3 aromatic rings. The van der Waals surface area contributed by atoms with Crippen LogP contribution < -0.4 is 5.32 Å². The number of hydrogen-bond donors (Lipinski definition) is 1. The van der Waals surface area contributed by atoms with Gasteiger partial charge in [-0.05, 0) is 23.8 Å². The van der Waals surface area contributed by atoms with E-state index < -0.39 is 30.0 Å². The number of anilines is 1. The molecule has 2 aromatic carbocycles. The fourth-order valence-electron chi connectivity index (χ4n) is 2.56. The summed E-state index contributed by atoms with van der Waals surface area (Å²) in [5.41, 5.74) is 0.136.